The number of aliphatic hydroxyl groups excluding tert-OH is 3. The van der Waals surface area contributed by atoms with E-state index < -0.39 is 24.3 Å². The smallest absolute Gasteiger partial charge is 0.303 e. The van der Waals surface area contributed by atoms with Crippen LogP contribution in [0, 0.1) is 11.8 Å². The number of carbonyl (C=O) groups is 1. The fourth-order valence-electron chi connectivity index (χ4n) is 3.74. The van der Waals surface area contributed by atoms with Gasteiger partial charge in [0.15, 0.2) is 0 Å². The van der Waals surface area contributed by atoms with Gasteiger partial charge in [0.1, 0.15) is 0 Å². The second-order valence-electron chi connectivity index (χ2n) is 7.41. The van der Waals surface area contributed by atoms with Crippen LogP contribution in [0.3, 0.4) is 0 Å². The summed E-state index contributed by atoms with van der Waals surface area (Å²) in [6, 6.07) is 0. The van der Waals surface area contributed by atoms with Crippen LogP contribution in [0.15, 0.2) is 12.2 Å². The predicted molar refractivity (Wildman–Crippen MR) is 98.2 cm³/mol. The maximum absolute atomic E-state index is 10.4. The van der Waals surface area contributed by atoms with Crippen LogP contribution in [0.4, 0.5) is 0 Å². The van der Waals surface area contributed by atoms with E-state index in [1.807, 2.05) is 6.08 Å². The number of aliphatic carboxylic acids is 1. The molecular formula is C20H36O5. The van der Waals surface area contributed by atoms with Crippen molar-refractivity contribution in [3.63, 3.8) is 0 Å². The van der Waals surface area contributed by atoms with Crippen molar-refractivity contribution < 1.29 is 25.2 Å². The number of rotatable bonds is 13. The number of carboxylic acid groups (broad SMARTS) is 1. The Morgan fingerprint density at radius 3 is 2.48 bits per heavy atom. The minimum Gasteiger partial charge on any atom is -0.481 e. The number of hydrogen-bond donors (Lipinski definition) is 4. The standard InChI is InChI=1S/C20H36O5/c1-2-3-6-10-16-17(19(23)14-18(16)22)13-12-15(21)9-7-4-5-8-11-20(24)25/h12-13,15-19,21-23H,2-11,14H2,1H3,(H,24,25)/b13-12+/t15-,16+,17-,18+,19-/m0/s1. The van der Waals surface area contributed by atoms with Crippen molar-refractivity contribution in [3.8, 4) is 0 Å². The van der Waals surface area contributed by atoms with Crippen molar-refractivity contribution >= 4 is 5.97 Å². The molecule has 0 aromatic heterocycles. The second-order valence-corrected chi connectivity index (χ2v) is 7.41. The zero-order chi connectivity index (χ0) is 18.7. The van der Waals surface area contributed by atoms with Crippen LogP contribution in [-0.4, -0.2) is 44.7 Å². The van der Waals surface area contributed by atoms with E-state index >= 15 is 0 Å². The molecule has 0 aromatic carbocycles. The highest BCUT2D eigenvalue weighted by molar-refractivity contribution is 5.66. The Bertz CT molecular complexity index is 396. The summed E-state index contributed by atoms with van der Waals surface area (Å²) in [4.78, 5) is 10.4. The molecule has 0 aliphatic heterocycles. The Morgan fingerprint density at radius 2 is 1.80 bits per heavy atom. The van der Waals surface area contributed by atoms with Gasteiger partial charge in [0, 0.05) is 18.8 Å². The monoisotopic (exact) mass is 356 g/mol. The third-order valence-electron chi connectivity index (χ3n) is 5.25. The summed E-state index contributed by atoms with van der Waals surface area (Å²) in [5, 5.41) is 39.0. The first-order valence-electron chi connectivity index (χ1n) is 9.90. The van der Waals surface area contributed by atoms with Crippen LogP contribution in [0.2, 0.25) is 0 Å². The lowest BCUT2D eigenvalue weighted by atomic mass is 9.88. The van der Waals surface area contributed by atoms with E-state index in [-0.39, 0.29) is 18.3 Å². The van der Waals surface area contributed by atoms with Gasteiger partial charge in [-0.2, -0.15) is 0 Å². The van der Waals surface area contributed by atoms with Gasteiger partial charge in [-0.3, -0.25) is 4.79 Å². The molecule has 0 radical (unpaired) electrons. The van der Waals surface area contributed by atoms with Gasteiger partial charge >= 0.3 is 5.97 Å². The lowest BCUT2D eigenvalue weighted by molar-refractivity contribution is -0.137. The maximum atomic E-state index is 10.4. The molecule has 146 valence electrons. The van der Waals surface area contributed by atoms with Gasteiger partial charge in [-0.15, -0.1) is 0 Å². The first kappa shape index (κ1) is 22.1. The SMILES string of the molecule is CCCCC[C@@H]1[C@H](/C=C/[C@@H](O)CCCCCCC(=O)O)[C@@H](O)C[C@H]1O. The minimum absolute atomic E-state index is 0.0722. The summed E-state index contributed by atoms with van der Waals surface area (Å²) in [6.45, 7) is 2.15. The molecule has 0 heterocycles. The van der Waals surface area contributed by atoms with Crippen molar-refractivity contribution in [2.45, 2.75) is 95.9 Å². The number of carboxylic acids is 1. The lowest BCUT2D eigenvalue weighted by Gasteiger charge is -2.21. The average molecular weight is 357 g/mol. The molecule has 5 heteroatoms. The molecule has 1 aliphatic carbocycles. The lowest BCUT2D eigenvalue weighted by Crippen LogP contribution is -2.21. The number of aliphatic hydroxyl groups is 3. The summed E-state index contributed by atoms with van der Waals surface area (Å²) < 4.78 is 0. The number of hydrogen-bond acceptors (Lipinski definition) is 4. The molecule has 0 amide bonds. The average Bonchev–Trinajstić information content (AvgIpc) is 2.82. The van der Waals surface area contributed by atoms with Crippen molar-refractivity contribution in [2.24, 2.45) is 11.8 Å². The third kappa shape index (κ3) is 8.84. The van der Waals surface area contributed by atoms with Crippen LogP contribution in [0.1, 0.15) is 77.6 Å². The van der Waals surface area contributed by atoms with Crippen LogP contribution in [0.5, 0.6) is 0 Å². The van der Waals surface area contributed by atoms with E-state index in [1.165, 1.54) is 0 Å². The first-order valence-corrected chi connectivity index (χ1v) is 9.90. The molecule has 0 spiro atoms. The number of unbranched alkanes of at least 4 members (excludes halogenated alkanes) is 5. The van der Waals surface area contributed by atoms with Gasteiger partial charge in [0.2, 0.25) is 0 Å². The van der Waals surface area contributed by atoms with E-state index in [4.69, 9.17) is 5.11 Å². The summed E-state index contributed by atoms with van der Waals surface area (Å²) in [6.07, 6.45) is 11.0. The van der Waals surface area contributed by atoms with E-state index in [0.29, 0.717) is 19.3 Å². The first-order chi connectivity index (χ1) is 12.0. The molecule has 0 unspecified atom stereocenters. The Hall–Kier alpha value is -0.910. The van der Waals surface area contributed by atoms with Gasteiger partial charge in [-0.1, -0.05) is 57.6 Å². The van der Waals surface area contributed by atoms with Crippen molar-refractivity contribution in [1.82, 2.24) is 0 Å². The third-order valence-corrected chi connectivity index (χ3v) is 5.25. The highest BCUT2D eigenvalue weighted by Crippen LogP contribution is 2.37. The van der Waals surface area contributed by atoms with Crippen LogP contribution >= 0.6 is 0 Å². The molecule has 25 heavy (non-hydrogen) atoms. The van der Waals surface area contributed by atoms with E-state index in [0.717, 1.165) is 44.9 Å². The van der Waals surface area contributed by atoms with Gasteiger partial charge in [0.25, 0.3) is 0 Å². The molecule has 5 atom stereocenters. The molecule has 0 saturated heterocycles. The topological polar surface area (TPSA) is 98.0 Å². The molecule has 4 N–H and O–H groups in total. The molecule has 1 rings (SSSR count). The van der Waals surface area contributed by atoms with Crippen molar-refractivity contribution in [1.29, 1.82) is 0 Å². The maximum Gasteiger partial charge on any atom is 0.303 e. The molecule has 1 fully saturated rings. The van der Waals surface area contributed by atoms with Crippen molar-refractivity contribution in [2.75, 3.05) is 0 Å². The highest BCUT2D eigenvalue weighted by Gasteiger charge is 2.39. The van der Waals surface area contributed by atoms with E-state index in [9.17, 15) is 20.1 Å². The zero-order valence-electron chi connectivity index (χ0n) is 15.5. The van der Waals surface area contributed by atoms with Crippen molar-refractivity contribution in [3.05, 3.63) is 12.2 Å². The van der Waals surface area contributed by atoms with Crippen LogP contribution < -0.4 is 0 Å². The molecule has 5 nitrogen and oxygen atoms in total. The Labute approximate surface area is 151 Å². The molecule has 1 saturated carbocycles. The fraction of sp³-hybridized carbons (Fsp3) is 0.850. The Morgan fingerprint density at radius 1 is 1.08 bits per heavy atom. The normalized spacial score (nSPS) is 27.8. The minimum atomic E-state index is -0.756. The van der Waals surface area contributed by atoms with Gasteiger partial charge < -0.3 is 20.4 Å². The van der Waals surface area contributed by atoms with E-state index in [2.05, 4.69) is 6.92 Å². The quantitative estimate of drug-likeness (QED) is 0.300. The molecule has 0 aromatic rings. The molecule has 1 aliphatic rings. The predicted octanol–water partition coefficient (Wildman–Crippen LogP) is 3.27. The summed E-state index contributed by atoms with van der Waals surface area (Å²) in [5.41, 5.74) is 0. The summed E-state index contributed by atoms with van der Waals surface area (Å²) in [7, 11) is 0. The van der Waals surface area contributed by atoms with Crippen LogP contribution in [0.25, 0.3) is 0 Å². The van der Waals surface area contributed by atoms with Crippen LogP contribution in [-0.2, 0) is 4.79 Å². The van der Waals surface area contributed by atoms with E-state index in [1.54, 1.807) is 6.08 Å². The summed E-state index contributed by atoms with van der Waals surface area (Å²) >= 11 is 0. The second kappa shape index (κ2) is 12.4. The summed E-state index contributed by atoms with van der Waals surface area (Å²) in [5.74, 6) is -0.744. The molecular weight excluding hydrogens is 320 g/mol. The largest absolute Gasteiger partial charge is 0.481 e. The van der Waals surface area contributed by atoms with Gasteiger partial charge in [0.05, 0.1) is 18.3 Å². The fourth-order valence-corrected chi connectivity index (χ4v) is 3.74. The highest BCUT2D eigenvalue weighted by atomic mass is 16.4. The Balaban J connectivity index is 2.31. The molecule has 0 bridgehead atoms. The van der Waals surface area contributed by atoms with Gasteiger partial charge in [-0.05, 0) is 25.2 Å². The Kier molecular flexibility index (Phi) is 11.0. The van der Waals surface area contributed by atoms with Gasteiger partial charge in [-0.25, -0.2) is 0 Å². The zero-order valence-corrected chi connectivity index (χ0v) is 15.5.